The van der Waals surface area contributed by atoms with E-state index < -0.39 is 0 Å². The van der Waals surface area contributed by atoms with E-state index in [-0.39, 0.29) is 5.91 Å². The molecule has 2 aromatic rings. The zero-order chi connectivity index (χ0) is 15.5. The van der Waals surface area contributed by atoms with Gasteiger partial charge >= 0.3 is 0 Å². The summed E-state index contributed by atoms with van der Waals surface area (Å²) in [5, 5.41) is 8.24. The van der Waals surface area contributed by atoms with Crippen molar-refractivity contribution in [3.8, 4) is 0 Å². The third-order valence-electron chi connectivity index (χ3n) is 4.07. The zero-order valence-corrected chi connectivity index (χ0v) is 13.0. The van der Waals surface area contributed by atoms with Gasteiger partial charge in [-0.05, 0) is 25.8 Å². The van der Waals surface area contributed by atoms with Gasteiger partial charge in [0, 0.05) is 32.1 Å². The summed E-state index contributed by atoms with van der Waals surface area (Å²) < 4.78 is 7.05. The highest BCUT2D eigenvalue weighted by Gasteiger charge is 2.25. The predicted octanol–water partition coefficient (Wildman–Crippen LogP) is 1.89. The van der Waals surface area contributed by atoms with E-state index in [2.05, 4.69) is 15.2 Å². The minimum absolute atomic E-state index is 0.0446. The second-order valence-corrected chi connectivity index (χ2v) is 5.90. The average Bonchev–Trinajstić information content (AvgIpc) is 3.03. The normalized spacial score (nSPS) is 14.8. The second-order valence-electron chi connectivity index (χ2n) is 5.90. The molecule has 1 saturated carbocycles. The molecule has 22 heavy (non-hydrogen) atoms. The Bertz CT molecular complexity index is 644. The van der Waals surface area contributed by atoms with Gasteiger partial charge in [0.2, 0.25) is 11.8 Å². The van der Waals surface area contributed by atoms with E-state index in [4.69, 9.17) is 4.52 Å². The van der Waals surface area contributed by atoms with Gasteiger partial charge in [0.15, 0.2) is 5.82 Å². The number of aryl methyl sites for hydroxylation is 2. The predicted molar refractivity (Wildman–Crippen MR) is 78.9 cm³/mol. The van der Waals surface area contributed by atoms with E-state index in [1.54, 1.807) is 16.6 Å². The van der Waals surface area contributed by atoms with Crippen molar-refractivity contribution < 1.29 is 9.32 Å². The summed E-state index contributed by atoms with van der Waals surface area (Å²) in [6.07, 6.45) is 5.77. The number of rotatable bonds is 6. The van der Waals surface area contributed by atoms with Crippen LogP contribution in [0, 0.1) is 6.92 Å². The van der Waals surface area contributed by atoms with E-state index in [0.717, 1.165) is 18.5 Å². The lowest BCUT2D eigenvalue weighted by Gasteiger charge is -2.20. The third kappa shape index (κ3) is 3.35. The summed E-state index contributed by atoms with van der Waals surface area (Å²) in [6, 6.07) is 1.93. The van der Waals surface area contributed by atoms with E-state index >= 15 is 0 Å². The van der Waals surface area contributed by atoms with Crippen molar-refractivity contribution in [3.05, 3.63) is 29.7 Å². The molecule has 0 radical (unpaired) electrons. The highest BCUT2D eigenvalue weighted by atomic mass is 16.5. The number of hydrogen-bond donors (Lipinski definition) is 0. The highest BCUT2D eigenvalue weighted by molar-refractivity contribution is 5.75. The Morgan fingerprint density at radius 3 is 2.95 bits per heavy atom. The molecule has 2 heterocycles. The van der Waals surface area contributed by atoms with Crippen LogP contribution >= 0.6 is 0 Å². The number of carbonyl (C=O) groups is 1. The Kier molecular flexibility index (Phi) is 4.22. The molecule has 0 saturated heterocycles. The Morgan fingerprint density at radius 1 is 1.50 bits per heavy atom. The van der Waals surface area contributed by atoms with Crippen molar-refractivity contribution in [2.75, 3.05) is 7.05 Å². The molecule has 7 heteroatoms. The lowest BCUT2D eigenvalue weighted by molar-refractivity contribution is -0.130. The van der Waals surface area contributed by atoms with Crippen LogP contribution < -0.4 is 0 Å². The standard InChI is InChI=1S/C15H21N5O2/c1-11-6-8-20(17-11)9-7-14(21)19(2)10-13-16-15(22-18-13)12-4-3-5-12/h6,8,12H,3-5,7,9-10H2,1-2H3. The number of aromatic nitrogens is 4. The third-order valence-corrected chi connectivity index (χ3v) is 4.07. The summed E-state index contributed by atoms with van der Waals surface area (Å²) in [5.74, 6) is 1.76. The van der Waals surface area contributed by atoms with Crippen molar-refractivity contribution in [2.45, 2.75) is 51.6 Å². The SMILES string of the molecule is Cc1ccn(CCC(=O)N(C)Cc2noc(C3CCC3)n2)n1. The van der Waals surface area contributed by atoms with Crippen molar-refractivity contribution in [2.24, 2.45) is 0 Å². The average molecular weight is 303 g/mol. The summed E-state index contributed by atoms with van der Waals surface area (Å²) in [7, 11) is 1.76. The van der Waals surface area contributed by atoms with Gasteiger partial charge in [0.25, 0.3) is 0 Å². The van der Waals surface area contributed by atoms with Crippen LogP contribution in [-0.4, -0.2) is 37.8 Å². The first-order valence-electron chi connectivity index (χ1n) is 7.68. The van der Waals surface area contributed by atoms with E-state index in [0.29, 0.717) is 37.1 Å². The Morgan fingerprint density at radius 2 is 2.32 bits per heavy atom. The molecule has 1 fully saturated rings. The van der Waals surface area contributed by atoms with Crippen molar-refractivity contribution in [3.63, 3.8) is 0 Å². The number of nitrogens with zero attached hydrogens (tertiary/aromatic N) is 5. The van der Waals surface area contributed by atoms with Crippen molar-refractivity contribution >= 4 is 5.91 Å². The van der Waals surface area contributed by atoms with Crippen LogP contribution in [0.1, 0.15) is 49.0 Å². The smallest absolute Gasteiger partial charge is 0.229 e. The maximum absolute atomic E-state index is 12.1. The molecule has 0 bridgehead atoms. The quantitative estimate of drug-likeness (QED) is 0.814. The molecule has 0 aliphatic heterocycles. The van der Waals surface area contributed by atoms with E-state index in [1.165, 1.54) is 6.42 Å². The van der Waals surface area contributed by atoms with Gasteiger partial charge in [-0.2, -0.15) is 10.1 Å². The fourth-order valence-electron chi connectivity index (χ4n) is 2.44. The summed E-state index contributed by atoms with van der Waals surface area (Å²) in [5.41, 5.74) is 0.955. The van der Waals surface area contributed by atoms with Gasteiger partial charge in [0.1, 0.15) is 0 Å². The largest absolute Gasteiger partial charge is 0.339 e. The molecular weight excluding hydrogens is 282 g/mol. The lowest BCUT2D eigenvalue weighted by Crippen LogP contribution is -2.27. The Hall–Kier alpha value is -2.18. The molecule has 2 aromatic heterocycles. The lowest BCUT2D eigenvalue weighted by atomic mass is 9.85. The van der Waals surface area contributed by atoms with Gasteiger partial charge in [-0.1, -0.05) is 11.6 Å². The van der Waals surface area contributed by atoms with Gasteiger partial charge in [-0.25, -0.2) is 0 Å². The van der Waals surface area contributed by atoms with Crippen LogP contribution in [0.2, 0.25) is 0 Å². The molecule has 0 aromatic carbocycles. The van der Waals surface area contributed by atoms with Crippen LogP contribution in [-0.2, 0) is 17.9 Å². The number of hydrogen-bond acceptors (Lipinski definition) is 5. The maximum atomic E-state index is 12.1. The molecular formula is C15H21N5O2. The first-order chi connectivity index (χ1) is 10.6. The molecule has 1 aliphatic carbocycles. The van der Waals surface area contributed by atoms with E-state index in [1.807, 2.05) is 19.2 Å². The minimum Gasteiger partial charge on any atom is -0.339 e. The zero-order valence-electron chi connectivity index (χ0n) is 13.0. The summed E-state index contributed by atoms with van der Waals surface area (Å²) in [4.78, 5) is 18.2. The van der Waals surface area contributed by atoms with Crippen LogP contribution in [0.4, 0.5) is 0 Å². The maximum Gasteiger partial charge on any atom is 0.229 e. The van der Waals surface area contributed by atoms with Crippen molar-refractivity contribution in [1.82, 2.24) is 24.8 Å². The number of amides is 1. The van der Waals surface area contributed by atoms with Gasteiger partial charge in [0.05, 0.1) is 12.2 Å². The van der Waals surface area contributed by atoms with E-state index in [9.17, 15) is 4.79 Å². The van der Waals surface area contributed by atoms with Crippen LogP contribution in [0.15, 0.2) is 16.8 Å². The Balaban J connectivity index is 1.48. The number of carbonyl (C=O) groups excluding carboxylic acids is 1. The Labute approximate surface area is 129 Å². The van der Waals surface area contributed by atoms with Gasteiger partial charge < -0.3 is 9.42 Å². The van der Waals surface area contributed by atoms with Crippen molar-refractivity contribution in [1.29, 1.82) is 0 Å². The molecule has 118 valence electrons. The van der Waals surface area contributed by atoms with Crippen LogP contribution in [0.25, 0.3) is 0 Å². The molecule has 1 amide bonds. The van der Waals surface area contributed by atoms with Gasteiger partial charge in [-0.3, -0.25) is 9.48 Å². The molecule has 7 nitrogen and oxygen atoms in total. The first kappa shape index (κ1) is 14.7. The summed E-state index contributed by atoms with van der Waals surface area (Å²) >= 11 is 0. The molecule has 0 N–H and O–H groups in total. The van der Waals surface area contributed by atoms with Gasteiger partial charge in [-0.15, -0.1) is 0 Å². The highest BCUT2D eigenvalue weighted by Crippen LogP contribution is 2.35. The first-order valence-corrected chi connectivity index (χ1v) is 7.68. The fraction of sp³-hybridized carbons (Fsp3) is 0.600. The monoisotopic (exact) mass is 303 g/mol. The molecule has 0 atom stereocenters. The molecule has 0 unspecified atom stereocenters. The molecule has 1 aliphatic rings. The van der Waals surface area contributed by atoms with Crippen LogP contribution in [0.5, 0.6) is 0 Å². The summed E-state index contributed by atoms with van der Waals surface area (Å²) in [6.45, 7) is 2.89. The topological polar surface area (TPSA) is 77.0 Å². The fourth-order valence-corrected chi connectivity index (χ4v) is 2.44. The molecule has 0 spiro atoms. The minimum atomic E-state index is 0.0446. The second kappa shape index (κ2) is 6.29. The molecule has 3 rings (SSSR count). The van der Waals surface area contributed by atoms with Crippen LogP contribution in [0.3, 0.4) is 0 Å².